The fourth-order valence-electron chi connectivity index (χ4n) is 5.34. The maximum absolute atomic E-state index is 12.6. The van der Waals surface area contributed by atoms with E-state index in [1.54, 1.807) is 0 Å². The standard InChI is InChI=1S/C21H31N3O4/c25-18(14-24-19(26)16-6-2-3-7-17(16)20(24)27)22-15-21(8-4-1-5-9-21)23-10-12-28-13-11-23/h2-3,16-17H,1,4-15H2,(H,22,25). The topological polar surface area (TPSA) is 79.0 Å². The number of ether oxygens (including phenoxy) is 1. The molecule has 1 N–H and O–H groups in total. The van der Waals surface area contributed by atoms with Gasteiger partial charge >= 0.3 is 0 Å². The van der Waals surface area contributed by atoms with Crippen molar-refractivity contribution in [1.29, 1.82) is 0 Å². The largest absolute Gasteiger partial charge is 0.379 e. The summed E-state index contributed by atoms with van der Waals surface area (Å²) in [6.07, 6.45) is 10.9. The number of nitrogens with one attached hydrogen (secondary N) is 1. The summed E-state index contributed by atoms with van der Waals surface area (Å²) in [4.78, 5) is 41.4. The Hall–Kier alpha value is -1.73. The van der Waals surface area contributed by atoms with Crippen LogP contribution < -0.4 is 5.32 Å². The van der Waals surface area contributed by atoms with E-state index in [4.69, 9.17) is 4.74 Å². The van der Waals surface area contributed by atoms with Gasteiger partial charge in [-0.1, -0.05) is 31.4 Å². The molecule has 154 valence electrons. The number of amides is 3. The number of morpholine rings is 1. The predicted octanol–water partition coefficient (Wildman–Crippen LogP) is 1.09. The smallest absolute Gasteiger partial charge is 0.240 e. The number of rotatable bonds is 5. The molecule has 2 heterocycles. The van der Waals surface area contributed by atoms with E-state index in [-0.39, 0.29) is 41.6 Å². The average molecular weight is 389 g/mol. The lowest BCUT2D eigenvalue weighted by Crippen LogP contribution is -2.60. The van der Waals surface area contributed by atoms with Crippen molar-refractivity contribution in [2.45, 2.75) is 50.5 Å². The third-order valence-corrected chi connectivity index (χ3v) is 6.98. The minimum absolute atomic E-state index is 0.0192. The quantitative estimate of drug-likeness (QED) is 0.563. The predicted molar refractivity (Wildman–Crippen MR) is 103 cm³/mol. The highest BCUT2D eigenvalue weighted by atomic mass is 16.5. The van der Waals surface area contributed by atoms with E-state index < -0.39 is 0 Å². The normalized spacial score (nSPS) is 30.4. The molecule has 0 aromatic carbocycles. The highest BCUT2D eigenvalue weighted by Gasteiger charge is 2.48. The van der Waals surface area contributed by atoms with E-state index >= 15 is 0 Å². The number of allylic oxidation sites excluding steroid dienone is 2. The monoisotopic (exact) mass is 389 g/mol. The molecule has 28 heavy (non-hydrogen) atoms. The second-order valence-corrected chi connectivity index (χ2v) is 8.58. The Balaban J connectivity index is 1.36. The molecule has 4 aliphatic rings. The first-order valence-electron chi connectivity index (χ1n) is 10.7. The molecule has 4 rings (SSSR count). The van der Waals surface area contributed by atoms with Crippen LogP contribution in [-0.4, -0.2) is 72.5 Å². The molecule has 7 heteroatoms. The van der Waals surface area contributed by atoms with Crippen molar-refractivity contribution < 1.29 is 19.1 Å². The summed E-state index contributed by atoms with van der Waals surface area (Å²) in [5.74, 6) is -1.15. The molecule has 2 aliphatic carbocycles. The van der Waals surface area contributed by atoms with Gasteiger partial charge in [0.2, 0.25) is 17.7 Å². The first kappa shape index (κ1) is 19.6. The molecule has 0 spiro atoms. The minimum Gasteiger partial charge on any atom is -0.379 e. The molecule has 2 aliphatic heterocycles. The third kappa shape index (κ3) is 3.74. The van der Waals surface area contributed by atoms with Gasteiger partial charge in [0.25, 0.3) is 0 Å². The van der Waals surface area contributed by atoms with Gasteiger partial charge in [-0.25, -0.2) is 0 Å². The second-order valence-electron chi connectivity index (χ2n) is 8.58. The van der Waals surface area contributed by atoms with Crippen LogP contribution in [0.4, 0.5) is 0 Å². The van der Waals surface area contributed by atoms with E-state index in [2.05, 4.69) is 10.2 Å². The van der Waals surface area contributed by atoms with Gasteiger partial charge < -0.3 is 10.1 Å². The number of likely N-dealkylation sites (tertiary alicyclic amines) is 1. The van der Waals surface area contributed by atoms with Crippen molar-refractivity contribution in [1.82, 2.24) is 15.1 Å². The van der Waals surface area contributed by atoms with E-state index in [0.717, 1.165) is 39.1 Å². The van der Waals surface area contributed by atoms with Gasteiger partial charge in [-0.15, -0.1) is 0 Å². The van der Waals surface area contributed by atoms with E-state index in [9.17, 15) is 14.4 Å². The van der Waals surface area contributed by atoms with Gasteiger partial charge in [-0.3, -0.25) is 24.2 Å². The molecular formula is C21H31N3O4. The Labute approximate surface area is 166 Å². The fourth-order valence-corrected chi connectivity index (χ4v) is 5.34. The molecule has 1 saturated carbocycles. The van der Waals surface area contributed by atoms with Gasteiger partial charge in [-0.2, -0.15) is 0 Å². The minimum atomic E-state index is -0.275. The molecule has 2 saturated heterocycles. The molecule has 0 aromatic heterocycles. The summed E-state index contributed by atoms with van der Waals surface area (Å²) in [6, 6.07) is 0. The van der Waals surface area contributed by atoms with E-state index in [1.807, 2.05) is 12.2 Å². The van der Waals surface area contributed by atoms with Gasteiger partial charge in [0.1, 0.15) is 6.54 Å². The number of imide groups is 1. The zero-order chi connectivity index (χ0) is 19.6. The van der Waals surface area contributed by atoms with Gasteiger partial charge in [0.05, 0.1) is 25.0 Å². The van der Waals surface area contributed by atoms with Crippen molar-refractivity contribution in [2.24, 2.45) is 11.8 Å². The van der Waals surface area contributed by atoms with Gasteiger partial charge in [0, 0.05) is 25.2 Å². The van der Waals surface area contributed by atoms with Crippen LogP contribution in [0, 0.1) is 11.8 Å². The Bertz CT molecular complexity index is 624. The van der Waals surface area contributed by atoms with Crippen molar-refractivity contribution >= 4 is 17.7 Å². The lowest BCUT2D eigenvalue weighted by molar-refractivity contribution is -0.143. The Morgan fingerprint density at radius 1 is 1.04 bits per heavy atom. The van der Waals surface area contributed by atoms with E-state index in [1.165, 1.54) is 24.2 Å². The van der Waals surface area contributed by atoms with Crippen LogP contribution in [0.15, 0.2) is 12.2 Å². The second kappa shape index (κ2) is 8.33. The lowest BCUT2D eigenvalue weighted by atomic mass is 9.79. The number of hydrogen-bond donors (Lipinski definition) is 1. The number of hydrogen-bond acceptors (Lipinski definition) is 5. The lowest BCUT2D eigenvalue weighted by Gasteiger charge is -2.48. The molecule has 0 bridgehead atoms. The SMILES string of the molecule is O=C(CN1C(=O)C2CC=CCC2C1=O)NCC1(N2CCOCC2)CCCCC1. The van der Waals surface area contributed by atoms with Gasteiger partial charge in [0.15, 0.2) is 0 Å². The molecule has 0 radical (unpaired) electrons. The third-order valence-electron chi connectivity index (χ3n) is 6.98. The maximum atomic E-state index is 12.6. The Morgan fingerprint density at radius 3 is 2.25 bits per heavy atom. The number of fused-ring (bicyclic) bond motifs is 1. The number of carbonyl (C=O) groups excluding carboxylic acids is 3. The zero-order valence-corrected chi connectivity index (χ0v) is 16.5. The van der Waals surface area contributed by atoms with Crippen LogP contribution in [0.2, 0.25) is 0 Å². The van der Waals surface area contributed by atoms with Crippen LogP contribution in [0.3, 0.4) is 0 Å². The summed E-state index contributed by atoms with van der Waals surface area (Å²) in [6.45, 7) is 3.71. The van der Waals surface area contributed by atoms with Crippen LogP contribution in [0.25, 0.3) is 0 Å². The molecule has 2 unspecified atom stereocenters. The molecule has 0 aromatic rings. The Morgan fingerprint density at radius 2 is 1.64 bits per heavy atom. The van der Waals surface area contributed by atoms with Crippen molar-refractivity contribution in [3.8, 4) is 0 Å². The average Bonchev–Trinajstić information content (AvgIpc) is 2.99. The highest BCUT2D eigenvalue weighted by Crippen LogP contribution is 2.35. The molecule has 3 amide bonds. The van der Waals surface area contributed by atoms with Crippen LogP contribution in [0.1, 0.15) is 44.9 Å². The van der Waals surface area contributed by atoms with Crippen molar-refractivity contribution in [3.05, 3.63) is 12.2 Å². The zero-order valence-electron chi connectivity index (χ0n) is 16.5. The van der Waals surface area contributed by atoms with Crippen LogP contribution >= 0.6 is 0 Å². The fraction of sp³-hybridized carbons (Fsp3) is 0.762. The molecule has 2 atom stereocenters. The molecule has 3 fully saturated rings. The van der Waals surface area contributed by atoms with E-state index in [0.29, 0.717) is 19.4 Å². The number of nitrogens with zero attached hydrogens (tertiary/aromatic N) is 2. The van der Waals surface area contributed by atoms with Crippen molar-refractivity contribution in [2.75, 3.05) is 39.4 Å². The first-order chi connectivity index (χ1) is 13.6. The summed E-state index contributed by atoms with van der Waals surface area (Å²) < 4.78 is 5.50. The number of carbonyl (C=O) groups is 3. The van der Waals surface area contributed by atoms with Crippen LogP contribution in [-0.2, 0) is 19.1 Å². The summed E-state index contributed by atoms with van der Waals surface area (Å²) >= 11 is 0. The molecule has 7 nitrogen and oxygen atoms in total. The summed E-state index contributed by atoms with van der Waals surface area (Å²) in [5, 5.41) is 3.06. The highest BCUT2D eigenvalue weighted by molar-refractivity contribution is 6.07. The summed E-state index contributed by atoms with van der Waals surface area (Å²) in [7, 11) is 0. The Kier molecular flexibility index (Phi) is 5.83. The van der Waals surface area contributed by atoms with Crippen LogP contribution in [0.5, 0.6) is 0 Å². The first-order valence-corrected chi connectivity index (χ1v) is 10.7. The van der Waals surface area contributed by atoms with Gasteiger partial charge in [-0.05, 0) is 25.7 Å². The molecular weight excluding hydrogens is 358 g/mol. The van der Waals surface area contributed by atoms with Crippen molar-refractivity contribution in [3.63, 3.8) is 0 Å². The summed E-state index contributed by atoms with van der Waals surface area (Å²) in [5.41, 5.74) is -0.0192. The maximum Gasteiger partial charge on any atom is 0.240 e.